The van der Waals surface area contributed by atoms with Crippen LogP contribution in [0.2, 0.25) is 0 Å². The van der Waals surface area contributed by atoms with Crippen molar-refractivity contribution in [1.82, 2.24) is 24.2 Å². The number of hydrogen-bond acceptors (Lipinski definition) is 5. The maximum absolute atomic E-state index is 12.7. The van der Waals surface area contributed by atoms with Crippen LogP contribution in [0.15, 0.2) is 48.0 Å². The van der Waals surface area contributed by atoms with Gasteiger partial charge in [0.1, 0.15) is 5.82 Å². The molecule has 2 aromatic heterocycles. The predicted molar refractivity (Wildman–Crippen MR) is 94.7 cm³/mol. The van der Waals surface area contributed by atoms with E-state index in [-0.39, 0.29) is 17.1 Å². The van der Waals surface area contributed by atoms with E-state index in [2.05, 4.69) is 19.7 Å². The van der Waals surface area contributed by atoms with Crippen LogP contribution >= 0.6 is 0 Å². The Labute approximate surface area is 159 Å². The van der Waals surface area contributed by atoms with Gasteiger partial charge in [0.15, 0.2) is 0 Å². The minimum absolute atomic E-state index is 0.0488. The van der Waals surface area contributed by atoms with Crippen molar-refractivity contribution in [3.63, 3.8) is 0 Å². The van der Waals surface area contributed by atoms with Gasteiger partial charge < -0.3 is 4.57 Å². The maximum Gasteiger partial charge on any atom is 0.419 e. The van der Waals surface area contributed by atoms with Crippen LogP contribution in [0.5, 0.6) is 0 Å². The number of halogens is 3. The Kier molecular flexibility index (Phi) is 5.22. The van der Waals surface area contributed by atoms with Crippen molar-refractivity contribution in [2.45, 2.75) is 17.5 Å². The van der Waals surface area contributed by atoms with Crippen LogP contribution in [-0.2, 0) is 29.7 Å². The molecule has 0 radical (unpaired) electrons. The predicted octanol–water partition coefficient (Wildman–Crippen LogP) is 2.39. The molecule has 0 saturated heterocycles. The fraction of sp³-hybridized carbons (Fsp3) is 0.235. The largest absolute Gasteiger partial charge is 0.419 e. The van der Waals surface area contributed by atoms with E-state index in [0.29, 0.717) is 16.8 Å². The molecular weight excluding hydrogens is 395 g/mol. The molecule has 0 atom stereocenters. The summed E-state index contributed by atoms with van der Waals surface area (Å²) in [6.45, 7) is 0. The smallest absolute Gasteiger partial charge is 0.340 e. The number of aryl methyl sites for hydroxylation is 1. The number of nitrogens with one attached hydrogen (secondary N) is 1. The molecule has 3 rings (SSSR count). The molecule has 0 spiro atoms. The first-order valence-corrected chi connectivity index (χ1v) is 9.51. The van der Waals surface area contributed by atoms with Gasteiger partial charge in [-0.2, -0.15) is 13.2 Å². The Hall–Kier alpha value is -2.79. The number of rotatable bonds is 5. The SMILES string of the molecule is CNS(=O)(=O)c1ccc(Cc2ncc(C(F)(F)F)cn2)c(-c2cn(C)cn2)c1. The number of aromatic nitrogens is 4. The van der Waals surface area contributed by atoms with Crippen molar-refractivity contribution in [2.75, 3.05) is 7.05 Å². The second-order valence-corrected chi connectivity index (χ2v) is 7.90. The van der Waals surface area contributed by atoms with E-state index in [4.69, 9.17) is 0 Å². The van der Waals surface area contributed by atoms with E-state index in [1.807, 2.05) is 0 Å². The fourth-order valence-electron chi connectivity index (χ4n) is 2.55. The van der Waals surface area contributed by atoms with E-state index in [1.54, 1.807) is 30.2 Å². The second-order valence-electron chi connectivity index (χ2n) is 6.01. The number of hydrogen-bond donors (Lipinski definition) is 1. The Balaban J connectivity index is 2.03. The highest BCUT2D eigenvalue weighted by molar-refractivity contribution is 7.89. The maximum atomic E-state index is 12.7. The van der Waals surface area contributed by atoms with Gasteiger partial charge in [0.05, 0.1) is 22.5 Å². The number of benzene rings is 1. The highest BCUT2D eigenvalue weighted by atomic mass is 32.2. The Morgan fingerprint density at radius 1 is 1.14 bits per heavy atom. The van der Waals surface area contributed by atoms with E-state index in [1.165, 1.54) is 19.2 Å². The average molecular weight is 411 g/mol. The van der Waals surface area contributed by atoms with Crippen LogP contribution in [0, 0.1) is 0 Å². The van der Waals surface area contributed by atoms with E-state index in [9.17, 15) is 21.6 Å². The first-order valence-electron chi connectivity index (χ1n) is 8.03. The van der Waals surface area contributed by atoms with Crippen molar-refractivity contribution in [1.29, 1.82) is 0 Å². The van der Waals surface area contributed by atoms with Crippen molar-refractivity contribution in [3.05, 3.63) is 60.1 Å². The van der Waals surface area contributed by atoms with Crippen LogP contribution in [0.3, 0.4) is 0 Å². The topological polar surface area (TPSA) is 89.8 Å². The number of imidazole rings is 1. The van der Waals surface area contributed by atoms with Crippen molar-refractivity contribution in [2.24, 2.45) is 7.05 Å². The van der Waals surface area contributed by atoms with Gasteiger partial charge in [-0.25, -0.2) is 28.1 Å². The zero-order chi connectivity index (χ0) is 20.5. The monoisotopic (exact) mass is 411 g/mol. The lowest BCUT2D eigenvalue weighted by Crippen LogP contribution is -2.18. The van der Waals surface area contributed by atoms with Crippen LogP contribution in [0.4, 0.5) is 13.2 Å². The van der Waals surface area contributed by atoms with Crippen molar-refractivity contribution in [3.8, 4) is 11.3 Å². The van der Waals surface area contributed by atoms with E-state index in [0.717, 1.165) is 12.4 Å². The molecule has 1 N–H and O–H groups in total. The molecule has 28 heavy (non-hydrogen) atoms. The molecular formula is C17H16F3N5O2S. The summed E-state index contributed by atoms with van der Waals surface area (Å²) in [7, 11) is -0.602. The molecule has 0 amide bonds. The number of alkyl halides is 3. The van der Waals surface area contributed by atoms with Gasteiger partial charge in [0.2, 0.25) is 10.0 Å². The summed E-state index contributed by atoms with van der Waals surface area (Å²) in [6, 6.07) is 4.46. The standard InChI is InChI=1S/C17H16F3N5O2S/c1-21-28(26,27)13-4-3-11(14(6-13)15-9-25(2)10-24-15)5-16-22-7-12(8-23-16)17(18,19)20/h3-4,6-10,21H,5H2,1-2H3. The van der Waals surface area contributed by atoms with Gasteiger partial charge in [0, 0.05) is 37.6 Å². The minimum Gasteiger partial charge on any atom is -0.340 e. The molecule has 2 heterocycles. The molecule has 148 valence electrons. The highest BCUT2D eigenvalue weighted by Crippen LogP contribution is 2.29. The molecule has 1 aromatic carbocycles. The van der Waals surface area contributed by atoms with Crippen molar-refractivity contribution < 1.29 is 21.6 Å². The molecule has 0 saturated carbocycles. The highest BCUT2D eigenvalue weighted by Gasteiger charge is 2.31. The van der Waals surface area contributed by atoms with Crippen LogP contribution in [-0.4, -0.2) is 35.0 Å². The number of sulfonamides is 1. The van der Waals surface area contributed by atoms with Gasteiger partial charge >= 0.3 is 6.18 Å². The molecule has 0 aliphatic rings. The summed E-state index contributed by atoms with van der Waals surface area (Å²) >= 11 is 0. The summed E-state index contributed by atoms with van der Waals surface area (Å²) in [5.41, 5.74) is 0.753. The lowest BCUT2D eigenvalue weighted by atomic mass is 10.0. The third-order valence-corrected chi connectivity index (χ3v) is 5.43. The second kappa shape index (κ2) is 7.32. The summed E-state index contributed by atoms with van der Waals surface area (Å²) in [4.78, 5) is 11.9. The van der Waals surface area contributed by atoms with Crippen LogP contribution in [0.25, 0.3) is 11.3 Å². The lowest BCUT2D eigenvalue weighted by Gasteiger charge is -2.11. The normalized spacial score (nSPS) is 12.3. The van der Waals surface area contributed by atoms with Gasteiger partial charge in [-0.1, -0.05) is 6.07 Å². The molecule has 3 aromatic rings. The summed E-state index contributed by atoms with van der Waals surface area (Å²) in [5, 5.41) is 0. The Bertz CT molecular complexity index is 1090. The molecule has 11 heteroatoms. The Morgan fingerprint density at radius 3 is 2.36 bits per heavy atom. The molecule has 0 fully saturated rings. The van der Waals surface area contributed by atoms with Gasteiger partial charge in [0.25, 0.3) is 0 Å². The molecule has 0 unspecified atom stereocenters. The molecule has 0 aliphatic heterocycles. The third-order valence-electron chi connectivity index (χ3n) is 4.02. The number of nitrogens with zero attached hydrogens (tertiary/aromatic N) is 4. The Morgan fingerprint density at radius 2 is 1.82 bits per heavy atom. The van der Waals surface area contributed by atoms with Crippen LogP contribution in [0.1, 0.15) is 17.0 Å². The van der Waals surface area contributed by atoms with Crippen LogP contribution < -0.4 is 4.72 Å². The first kappa shape index (κ1) is 20.0. The quantitative estimate of drug-likeness (QED) is 0.696. The average Bonchev–Trinajstić information content (AvgIpc) is 3.08. The zero-order valence-corrected chi connectivity index (χ0v) is 15.7. The summed E-state index contributed by atoms with van der Waals surface area (Å²) < 4.78 is 66.2. The third kappa shape index (κ3) is 4.20. The molecule has 7 nitrogen and oxygen atoms in total. The first-order chi connectivity index (χ1) is 13.1. The van der Waals surface area contributed by atoms with Gasteiger partial charge in [-0.3, -0.25) is 0 Å². The lowest BCUT2D eigenvalue weighted by molar-refractivity contribution is -0.138. The zero-order valence-electron chi connectivity index (χ0n) is 14.9. The fourth-order valence-corrected chi connectivity index (χ4v) is 3.30. The molecule has 0 bridgehead atoms. The minimum atomic E-state index is -4.51. The van der Waals surface area contributed by atoms with Gasteiger partial charge in [-0.15, -0.1) is 0 Å². The van der Waals surface area contributed by atoms with E-state index >= 15 is 0 Å². The summed E-state index contributed by atoms with van der Waals surface area (Å²) in [5.74, 6) is 0.175. The molecule has 0 aliphatic carbocycles. The summed E-state index contributed by atoms with van der Waals surface area (Å²) in [6.07, 6.45) is 0.325. The van der Waals surface area contributed by atoms with E-state index < -0.39 is 21.8 Å². The van der Waals surface area contributed by atoms with Crippen molar-refractivity contribution >= 4 is 10.0 Å². The van der Waals surface area contributed by atoms with Gasteiger partial charge in [-0.05, 0) is 24.7 Å².